The van der Waals surface area contributed by atoms with E-state index in [-0.39, 0.29) is 4.99 Å². The van der Waals surface area contributed by atoms with Crippen molar-refractivity contribution < 1.29 is 14.2 Å². The van der Waals surface area contributed by atoms with Crippen molar-refractivity contribution in [1.82, 2.24) is 4.98 Å². The molecule has 0 unspecified atom stereocenters. The number of methoxy groups -OCH3 is 2. The highest BCUT2D eigenvalue weighted by Crippen LogP contribution is 2.40. The molecule has 1 aromatic carbocycles. The van der Waals surface area contributed by atoms with Crippen molar-refractivity contribution in [2.24, 2.45) is 5.73 Å². The number of thiocarbonyl (C=S) groups is 1. The van der Waals surface area contributed by atoms with E-state index in [1.165, 1.54) is 0 Å². The van der Waals surface area contributed by atoms with Crippen LogP contribution in [0.15, 0.2) is 36.5 Å². The second-order valence-corrected chi connectivity index (χ2v) is 4.25. The van der Waals surface area contributed by atoms with E-state index in [1.54, 1.807) is 44.7 Å². The van der Waals surface area contributed by atoms with Crippen LogP contribution in [0, 0.1) is 0 Å². The van der Waals surface area contributed by atoms with Crippen LogP contribution in [0.5, 0.6) is 23.0 Å². The molecule has 2 rings (SSSR count). The van der Waals surface area contributed by atoms with Crippen LogP contribution < -0.4 is 19.9 Å². The lowest BCUT2D eigenvalue weighted by atomic mass is 10.2. The zero-order valence-corrected chi connectivity index (χ0v) is 11.9. The van der Waals surface area contributed by atoms with Gasteiger partial charge in [0.25, 0.3) is 0 Å². The molecule has 1 heterocycles. The van der Waals surface area contributed by atoms with E-state index in [0.717, 1.165) is 0 Å². The topological polar surface area (TPSA) is 66.6 Å². The molecule has 104 valence electrons. The fraction of sp³-hybridized carbons (Fsp3) is 0.143. The molecule has 6 heteroatoms. The molecule has 0 saturated heterocycles. The zero-order chi connectivity index (χ0) is 14.5. The van der Waals surface area contributed by atoms with Crippen LogP contribution in [0.4, 0.5) is 0 Å². The highest BCUT2D eigenvalue weighted by atomic mass is 32.1. The summed E-state index contributed by atoms with van der Waals surface area (Å²) >= 11 is 4.96. The smallest absolute Gasteiger partial charge is 0.211 e. The minimum Gasteiger partial charge on any atom is -0.493 e. The lowest BCUT2D eigenvalue weighted by molar-refractivity contribution is 0.345. The number of benzene rings is 1. The summed E-state index contributed by atoms with van der Waals surface area (Å²) in [5.74, 6) is 1.98. The van der Waals surface area contributed by atoms with Gasteiger partial charge in [-0.1, -0.05) is 18.3 Å². The van der Waals surface area contributed by atoms with Crippen molar-refractivity contribution in [2.75, 3.05) is 14.2 Å². The van der Waals surface area contributed by atoms with E-state index < -0.39 is 0 Å². The molecule has 0 saturated carbocycles. The van der Waals surface area contributed by atoms with Gasteiger partial charge in [-0.15, -0.1) is 0 Å². The third-order valence-corrected chi connectivity index (χ3v) is 2.79. The van der Waals surface area contributed by atoms with Gasteiger partial charge in [0.2, 0.25) is 5.75 Å². The number of pyridine rings is 1. The number of ether oxygens (including phenoxy) is 3. The fourth-order valence-corrected chi connectivity index (χ4v) is 1.84. The van der Waals surface area contributed by atoms with Crippen molar-refractivity contribution in [2.45, 2.75) is 0 Å². The number of para-hydroxylation sites is 1. The predicted octanol–water partition coefficient (Wildman–Crippen LogP) is 2.53. The molecule has 2 aromatic rings. The Balaban J connectivity index is 2.47. The van der Waals surface area contributed by atoms with E-state index in [9.17, 15) is 0 Å². The Bertz CT molecular complexity index is 609. The molecule has 0 bridgehead atoms. The summed E-state index contributed by atoms with van der Waals surface area (Å²) in [5.41, 5.74) is 6.05. The first-order valence-corrected chi connectivity index (χ1v) is 6.22. The van der Waals surface area contributed by atoms with Crippen molar-refractivity contribution in [3.05, 3.63) is 42.2 Å². The second kappa shape index (κ2) is 6.21. The maximum atomic E-state index is 5.83. The van der Waals surface area contributed by atoms with Crippen LogP contribution in [0.1, 0.15) is 5.69 Å². The van der Waals surface area contributed by atoms with Gasteiger partial charge in [0.15, 0.2) is 17.2 Å². The van der Waals surface area contributed by atoms with Gasteiger partial charge >= 0.3 is 0 Å². The zero-order valence-electron chi connectivity index (χ0n) is 11.1. The Morgan fingerprint density at radius 1 is 1.05 bits per heavy atom. The van der Waals surface area contributed by atoms with Gasteiger partial charge in [0.05, 0.1) is 14.2 Å². The quantitative estimate of drug-likeness (QED) is 0.854. The van der Waals surface area contributed by atoms with Crippen molar-refractivity contribution in [3.8, 4) is 23.0 Å². The number of hydrogen-bond acceptors (Lipinski definition) is 5. The van der Waals surface area contributed by atoms with Gasteiger partial charge in [0, 0.05) is 6.20 Å². The fourth-order valence-electron chi connectivity index (χ4n) is 1.69. The maximum absolute atomic E-state index is 5.83. The molecule has 5 nitrogen and oxygen atoms in total. The van der Waals surface area contributed by atoms with Crippen LogP contribution in [0.2, 0.25) is 0 Å². The third-order valence-electron chi connectivity index (χ3n) is 2.60. The molecule has 0 aliphatic heterocycles. The average Bonchev–Trinajstić information content (AvgIpc) is 2.47. The SMILES string of the molecule is COc1cccc(OC)c1Oc1cccnc1C(N)=S. The molecule has 20 heavy (non-hydrogen) atoms. The lowest BCUT2D eigenvalue weighted by Gasteiger charge is -2.15. The minimum atomic E-state index is 0.162. The molecule has 2 N–H and O–H groups in total. The van der Waals surface area contributed by atoms with Crippen LogP contribution in [0.3, 0.4) is 0 Å². The Morgan fingerprint density at radius 2 is 1.65 bits per heavy atom. The van der Waals surface area contributed by atoms with Crippen molar-refractivity contribution >= 4 is 17.2 Å². The van der Waals surface area contributed by atoms with Gasteiger partial charge < -0.3 is 19.9 Å². The highest BCUT2D eigenvalue weighted by molar-refractivity contribution is 7.80. The van der Waals surface area contributed by atoms with Gasteiger partial charge in [0.1, 0.15) is 10.7 Å². The normalized spacial score (nSPS) is 9.90. The number of nitrogens with zero attached hydrogens (tertiary/aromatic N) is 1. The summed E-state index contributed by atoms with van der Waals surface area (Å²) in [6.45, 7) is 0. The standard InChI is InChI=1S/C14H14N2O3S/c1-17-10-5-3-6-11(18-2)13(10)19-9-7-4-8-16-12(9)14(15)20/h3-8H,1-2H3,(H2,15,20). The average molecular weight is 290 g/mol. The number of hydrogen-bond donors (Lipinski definition) is 1. The molecule has 0 spiro atoms. The van der Waals surface area contributed by atoms with Gasteiger partial charge in [-0.2, -0.15) is 0 Å². The number of nitrogens with two attached hydrogens (primary N) is 1. The Morgan fingerprint density at radius 3 is 2.20 bits per heavy atom. The maximum Gasteiger partial charge on any atom is 0.211 e. The van der Waals surface area contributed by atoms with Gasteiger partial charge in [-0.3, -0.25) is 0 Å². The van der Waals surface area contributed by atoms with E-state index >= 15 is 0 Å². The summed E-state index contributed by atoms with van der Waals surface area (Å²) in [6, 6.07) is 8.82. The van der Waals surface area contributed by atoms with Crippen LogP contribution in [0.25, 0.3) is 0 Å². The molecule has 0 fully saturated rings. The highest BCUT2D eigenvalue weighted by Gasteiger charge is 2.15. The molecular weight excluding hydrogens is 276 g/mol. The summed E-state index contributed by atoms with van der Waals surface area (Å²) in [6.07, 6.45) is 1.60. The van der Waals surface area contributed by atoms with E-state index in [1.807, 2.05) is 6.07 Å². The summed E-state index contributed by atoms with van der Waals surface area (Å²) in [5, 5.41) is 0. The Labute approximate surface area is 122 Å². The summed E-state index contributed by atoms with van der Waals surface area (Å²) in [7, 11) is 3.11. The van der Waals surface area contributed by atoms with Crippen molar-refractivity contribution in [1.29, 1.82) is 0 Å². The predicted molar refractivity (Wildman–Crippen MR) is 79.7 cm³/mol. The molecule has 0 aliphatic carbocycles. The first-order valence-electron chi connectivity index (χ1n) is 5.81. The second-order valence-electron chi connectivity index (χ2n) is 3.81. The van der Waals surface area contributed by atoms with E-state index in [0.29, 0.717) is 28.7 Å². The summed E-state index contributed by atoms with van der Waals surface area (Å²) in [4.78, 5) is 4.27. The molecule has 0 atom stereocenters. The molecular formula is C14H14N2O3S. The molecule has 0 radical (unpaired) electrons. The van der Waals surface area contributed by atoms with Crippen LogP contribution >= 0.6 is 12.2 Å². The van der Waals surface area contributed by atoms with Crippen LogP contribution in [-0.4, -0.2) is 24.2 Å². The van der Waals surface area contributed by atoms with Gasteiger partial charge in [-0.05, 0) is 24.3 Å². The van der Waals surface area contributed by atoms with E-state index in [2.05, 4.69) is 4.98 Å². The lowest BCUT2D eigenvalue weighted by Crippen LogP contribution is -2.12. The summed E-state index contributed by atoms with van der Waals surface area (Å²) < 4.78 is 16.4. The first kappa shape index (κ1) is 14.1. The molecule has 1 aromatic heterocycles. The Hall–Kier alpha value is -2.34. The van der Waals surface area contributed by atoms with E-state index in [4.69, 9.17) is 32.2 Å². The number of rotatable bonds is 5. The third kappa shape index (κ3) is 2.80. The largest absolute Gasteiger partial charge is 0.493 e. The monoisotopic (exact) mass is 290 g/mol. The minimum absolute atomic E-state index is 0.162. The molecule has 0 amide bonds. The molecule has 0 aliphatic rings. The number of aromatic nitrogens is 1. The van der Waals surface area contributed by atoms with Crippen molar-refractivity contribution in [3.63, 3.8) is 0 Å². The first-order chi connectivity index (χ1) is 9.67. The Kier molecular flexibility index (Phi) is 4.37. The van der Waals surface area contributed by atoms with Gasteiger partial charge in [-0.25, -0.2) is 4.98 Å². The van der Waals surface area contributed by atoms with Crippen LogP contribution in [-0.2, 0) is 0 Å².